The van der Waals surface area contributed by atoms with E-state index in [-0.39, 0.29) is 18.0 Å². The molecule has 2 aliphatic rings. The number of hydrogen-bond donors (Lipinski definition) is 2. The number of amides is 2. The summed E-state index contributed by atoms with van der Waals surface area (Å²) in [5, 5.41) is 5.88. The zero-order valence-electron chi connectivity index (χ0n) is 20.2. The molecule has 2 saturated heterocycles. The van der Waals surface area contributed by atoms with E-state index >= 15 is 0 Å². The summed E-state index contributed by atoms with van der Waals surface area (Å²) in [6.45, 7) is 6.66. The fourth-order valence-electron chi connectivity index (χ4n) is 5.06. The highest BCUT2D eigenvalue weighted by Crippen LogP contribution is 2.25. The lowest BCUT2D eigenvalue weighted by molar-refractivity contribution is -0.135. The van der Waals surface area contributed by atoms with E-state index in [0.717, 1.165) is 55.9 Å². The molecule has 1 aromatic heterocycles. The Kier molecular flexibility index (Phi) is 8.53. The lowest BCUT2D eigenvalue weighted by atomic mass is 10.1. The topological polar surface area (TPSA) is 97.6 Å². The zero-order valence-corrected chi connectivity index (χ0v) is 20.2. The highest BCUT2D eigenvalue weighted by molar-refractivity contribution is 6.00. The van der Waals surface area contributed by atoms with Gasteiger partial charge in [0.25, 0.3) is 0 Å². The van der Waals surface area contributed by atoms with Crippen molar-refractivity contribution in [2.24, 2.45) is 7.05 Å². The number of hydrogen-bond acceptors (Lipinski definition) is 6. The van der Waals surface area contributed by atoms with Crippen molar-refractivity contribution in [3.63, 3.8) is 0 Å². The second-order valence-corrected chi connectivity index (χ2v) is 9.36. The number of carbonyl (C=O) groups is 2. The number of fused-ring (bicyclic) bond motifs is 1. The maximum absolute atomic E-state index is 13.0. The van der Waals surface area contributed by atoms with Crippen LogP contribution in [0.2, 0.25) is 0 Å². The van der Waals surface area contributed by atoms with Crippen LogP contribution in [0.5, 0.6) is 0 Å². The summed E-state index contributed by atoms with van der Waals surface area (Å²) in [5.74, 6) is -0.684. The fraction of sp³-hybridized carbons (Fsp3) is 0.640. The van der Waals surface area contributed by atoms with Gasteiger partial charge in [-0.15, -0.1) is 0 Å². The van der Waals surface area contributed by atoms with Crippen molar-refractivity contribution in [2.45, 2.75) is 57.5 Å². The SMILES string of the molecule is Cn1c(=O)n(C2CCC(=O)NC2=O)c2cccc(CNCCCCCCCN3CCOCC3)c21. The largest absolute Gasteiger partial charge is 0.379 e. The first-order valence-corrected chi connectivity index (χ1v) is 12.6. The predicted molar refractivity (Wildman–Crippen MR) is 131 cm³/mol. The highest BCUT2D eigenvalue weighted by Gasteiger charge is 2.31. The number of piperidine rings is 1. The van der Waals surface area contributed by atoms with E-state index in [9.17, 15) is 14.4 Å². The van der Waals surface area contributed by atoms with Crippen LogP contribution in [-0.4, -0.2) is 65.2 Å². The number of nitrogens with zero attached hydrogens (tertiary/aromatic N) is 3. The molecule has 2 aromatic rings. The van der Waals surface area contributed by atoms with Crippen molar-refractivity contribution in [1.82, 2.24) is 24.7 Å². The van der Waals surface area contributed by atoms with Crippen LogP contribution in [-0.2, 0) is 27.9 Å². The van der Waals surface area contributed by atoms with E-state index < -0.39 is 11.9 Å². The van der Waals surface area contributed by atoms with Gasteiger partial charge in [-0.2, -0.15) is 0 Å². The molecule has 2 N–H and O–H groups in total. The van der Waals surface area contributed by atoms with Crippen LogP contribution in [0.25, 0.3) is 11.0 Å². The number of aryl methyl sites for hydroxylation is 1. The van der Waals surface area contributed by atoms with Gasteiger partial charge >= 0.3 is 5.69 Å². The first kappa shape index (κ1) is 24.6. The van der Waals surface area contributed by atoms with E-state index in [0.29, 0.717) is 13.0 Å². The number of imide groups is 1. The maximum atomic E-state index is 13.0. The van der Waals surface area contributed by atoms with Crippen LogP contribution in [0.15, 0.2) is 23.0 Å². The number of nitrogens with one attached hydrogen (secondary N) is 2. The van der Waals surface area contributed by atoms with Gasteiger partial charge in [-0.1, -0.05) is 31.4 Å². The zero-order chi connectivity index (χ0) is 23.9. The monoisotopic (exact) mass is 471 g/mol. The minimum absolute atomic E-state index is 0.228. The highest BCUT2D eigenvalue weighted by atomic mass is 16.5. The van der Waals surface area contributed by atoms with Crippen molar-refractivity contribution >= 4 is 22.8 Å². The van der Waals surface area contributed by atoms with Crippen molar-refractivity contribution in [3.05, 3.63) is 34.2 Å². The Bertz CT molecular complexity index is 1050. The van der Waals surface area contributed by atoms with Crippen molar-refractivity contribution in [1.29, 1.82) is 0 Å². The third-order valence-electron chi connectivity index (χ3n) is 6.96. The van der Waals surface area contributed by atoms with Gasteiger partial charge in [0.1, 0.15) is 6.04 Å². The van der Waals surface area contributed by atoms with Gasteiger partial charge in [0.05, 0.1) is 24.2 Å². The second kappa shape index (κ2) is 11.8. The lowest BCUT2D eigenvalue weighted by Crippen LogP contribution is -2.44. The van der Waals surface area contributed by atoms with Crippen LogP contribution in [0.4, 0.5) is 0 Å². The van der Waals surface area contributed by atoms with Gasteiger partial charge in [-0.3, -0.25) is 28.9 Å². The Morgan fingerprint density at radius 2 is 1.82 bits per heavy atom. The average Bonchev–Trinajstić information content (AvgIpc) is 3.09. The fourth-order valence-corrected chi connectivity index (χ4v) is 5.06. The third-order valence-corrected chi connectivity index (χ3v) is 6.96. The molecule has 0 bridgehead atoms. The molecule has 3 heterocycles. The molecule has 4 rings (SSSR count). The molecule has 2 fully saturated rings. The first-order chi connectivity index (χ1) is 16.6. The van der Waals surface area contributed by atoms with E-state index in [2.05, 4.69) is 15.5 Å². The molecule has 0 spiro atoms. The smallest absolute Gasteiger partial charge is 0.329 e. The quantitative estimate of drug-likeness (QED) is 0.382. The number of aromatic nitrogens is 2. The van der Waals surface area contributed by atoms with E-state index in [1.807, 2.05) is 18.2 Å². The number of rotatable bonds is 11. The molecule has 0 radical (unpaired) electrons. The maximum Gasteiger partial charge on any atom is 0.329 e. The Balaban J connectivity index is 1.25. The van der Waals surface area contributed by atoms with Gasteiger partial charge in [-0.25, -0.2) is 4.79 Å². The molecule has 9 nitrogen and oxygen atoms in total. The number of ether oxygens (including phenoxy) is 1. The minimum atomic E-state index is -0.652. The summed E-state index contributed by atoms with van der Waals surface area (Å²) in [6.07, 6.45) is 6.71. The van der Waals surface area contributed by atoms with Gasteiger partial charge in [0, 0.05) is 33.1 Å². The molecule has 2 aliphatic heterocycles. The summed E-state index contributed by atoms with van der Waals surface area (Å²) < 4.78 is 8.55. The van der Waals surface area contributed by atoms with Crippen LogP contribution in [0, 0.1) is 0 Å². The number of benzene rings is 1. The average molecular weight is 472 g/mol. The van der Waals surface area contributed by atoms with Crippen LogP contribution >= 0.6 is 0 Å². The molecular formula is C25H37N5O4. The molecule has 1 unspecified atom stereocenters. The van der Waals surface area contributed by atoms with E-state index in [1.54, 1.807) is 11.6 Å². The van der Waals surface area contributed by atoms with Crippen molar-refractivity contribution in [2.75, 3.05) is 39.4 Å². The van der Waals surface area contributed by atoms with Gasteiger partial charge in [0.15, 0.2) is 0 Å². The molecular weight excluding hydrogens is 434 g/mol. The third kappa shape index (κ3) is 5.76. The van der Waals surface area contributed by atoms with Gasteiger partial charge in [-0.05, 0) is 44.0 Å². The number of imidazole rings is 1. The molecule has 1 aromatic carbocycles. The van der Waals surface area contributed by atoms with Crippen LogP contribution in [0.1, 0.15) is 56.6 Å². The summed E-state index contributed by atoms with van der Waals surface area (Å²) in [7, 11) is 1.74. The molecule has 1 atom stereocenters. The Hall–Kier alpha value is -2.49. The van der Waals surface area contributed by atoms with Crippen LogP contribution in [0.3, 0.4) is 0 Å². The Morgan fingerprint density at radius 3 is 2.62 bits per heavy atom. The molecule has 0 aliphatic carbocycles. The molecule has 2 amide bonds. The van der Waals surface area contributed by atoms with E-state index in [4.69, 9.17) is 4.74 Å². The van der Waals surface area contributed by atoms with Crippen molar-refractivity contribution < 1.29 is 14.3 Å². The standard InChI is InChI=1S/C25H37N5O4/c1-28-23-19(18-26-12-5-3-2-4-6-13-29-14-16-34-17-15-29)8-7-9-20(23)30(25(28)33)21-10-11-22(31)27-24(21)32/h7-9,21,26H,2-6,10-18H2,1H3,(H,27,31,32). The Labute approximate surface area is 200 Å². The summed E-state index contributed by atoms with van der Waals surface area (Å²) in [4.78, 5) is 39.4. The van der Waals surface area contributed by atoms with Crippen molar-refractivity contribution in [3.8, 4) is 0 Å². The lowest BCUT2D eigenvalue weighted by Gasteiger charge is -2.26. The molecule has 9 heteroatoms. The number of morpholine rings is 1. The predicted octanol–water partition coefficient (Wildman–Crippen LogP) is 1.69. The van der Waals surface area contributed by atoms with Gasteiger partial charge in [0.2, 0.25) is 11.8 Å². The normalized spacial score (nSPS) is 19.6. The molecule has 0 saturated carbocycles. The summed E-state index contributed by atoms with van der Waals surface area (Å²) >= 11 is 0. The molecule has 34 heavy (non-hydrogen) atoms. The minimum Gasteiger partial charge on any atom is -0.379 e. The Morgan fingerprint density at radius 1 is 1.06 bits per heavy atom. The molecule has 186 valence electrons. The second-order valence-electron chi connectivity index (χ2n) is 9.36. The van der Waals surface area contributed by atoms with Crippen LogP contribution < -0.4 is 16.3 Å². The first-order valence-electron chi connectivity index (χ1n) is 12.6. The number of carbonyl (C=O) groups excluding carboxylic acids is 2. The van der Waals surface area contributed by atoms with E-state index in [1.165, 1.54) is 36.8 Å². The summed E-state index contributed by atoms with van der Waals surface area (Å²) in [6, 6.07) is 5.17. The number of para-hydroxylation sites is 1. The number of unbranched alkanes of at least 4 members (excludes halogenated alkanes) is 4. The summed E-state index contributed by atoms with van der Waals surface area (Å²) in [5.41, 5.74) is 2.39. The van der Waals surface area contributed by atoms with Gasteiger partial charge < -0.3 is 10.1 Å².